The van der Waals surface area contributed by atoms with Crippen molar-refractivity contribution in [3.63, 3.8) is 0 Å². The number of likely N-dealkylation sites (N-methyl/N-ethyl adjacent to an activating group) is 1. The van der Waals surface area contributed by atoms with E-state index in [4.69, 9.17) is 18.5 Å². The standard InChI is InChI=1S/C44H78NO8P/c1-6-8-10-12-14-16-18-20-22-24-26-28-30-32-34-36-43(46)50-40-42(41-52-54(48,49)51-39-38-45(3,4)5)53-44(47)37-35-33-31-29-27-25-23-21-19-17-15-13-11-9-7-2/h9,11,14-17,20-23,42H,6-8,10,12-13,18-19,24-41H2,1-5H3/p+1/b11-9-,16-14-,17-15-,22-20-,23-21-. The summed E-state index contributed by atoms with van der Waals surface area (Å²) in [5.74, 6) is -0.840. The predicted octanol–water partition coefficient (Wildman–Crippen LogP) is 11.7. The number of phosphoric acid groups is 1. The largest absolute Gasteiger partial charge is 0.472 e. The van der Waals surface area contributed by atoms with Gasteiger partial charge < -0.3 is 18.9 Å². The fraction of sp³-hybridized carbons (Fsp3) is 0.727. The molecule has 2 atom stereocenters. The SMILES string of the molecule is CC/C=C\C/C=C\C/C=C\CCCCCCCC(=O)OC(COC(=O)CCCCCCC/C=C\C/C=C\CCCCC)COP(=O)(O)OCC[N+](C)(C)C. The molecule has 0 amide bonds. The number of allylic oxidation sites excluding steroid dienone is 10. The summed E-state index contributed by atoms with van der Waals surface area (Å²) < 4.78 is 34.2. The Labute approximate surface area is 330 Å². The number of quaternary nitrogens is 1. The molecule has 0 aromatic heterocycles. The van der Waals surface area contributed by atoms with Gasteiger partial charge in [0.15, 0.2) is 6.10 Å². The van der Waals surface area contributed by atoms with Gasteiger partial charge in [-0.3, -0.25) is 18.6 Å². The van der Waals surface area contributed by atoms with E-state index in [-0.39, 0.29) is 32.0 Å². The first-order chi connectivity index (χ1) is 26.0. The Morgan fingerprint density at radius 1 is 0.593 bits per heavy atom. The van der Waals surface area contributed by atoms with Crippen molar-refractivity contribution in [3.05, 3.63) is 60.8 Å². The van der Waals surface area contributed by atoms with Crippen LogP contribution in [0, 0.1) is 0 Å². The smallest absolute Gasteiger partial charge is 0.462 e. The number of nitrogens with zero attached hydrogens (tertiary/aromatic N) is 1. The summed E-state index contributed by atoms with van der Waals surface area (Å²) in [6, 6.07) is 0. The number of hydrogen-bond donors (Lipinski definition) is 1. The number of rotatable bonds is 37. The Morgan fingerprint density at radius 3 is 1.57 bits per heavy atom. The zero-order valence-electron chi connectivity index (χ0n) is 34.9. The molecule has 9 nitrogen and oxygen atoms in total. The van der Waals surface area contributed by atoms with E-state index in [1.165, 1.54) is 25.7 Å². The van der Waals surface area contributed by atoms with E-state index in [1.807, 2.05) is 21.1 Å². The molecule has 0 aromatic rings. The summed E-state index contributed by atoms with van der Waals surface area (Å²) in [7, 11) is 1.44. The number of unbranched alkanes of at least 4 members (excludes halogenated alkanes) is 13. The van der Waals surface area contributed by atoms with Gasteiger partial charge in [0.05, 0.1) is 27.7 Å². The van der Waals surface area contributed by atoms with Gasteiger partial charge in [-0.15, -0.1) is 0 Å². The molecule has 0 spiro atoms. The topological polar surface area (TPSA) is 108 Å². The van der Waals surface area contributed by atoms with Crippen LogP contribution in [0.15, 0.2) is 60.8 Å². The molecule has 0 aliphatic carbocycles. The number of carbonyl (C=O) groups excluding carboxylic acids is 2. The summed E-state index contributed by atoms with van der Waals surface area (Å²) >= 11 is 0. The van der Waals surface area contributed by atoms with Crippen molar-refractivity contribution in [2.24, 2.45) is 0 Å². The van der Waals surface area contributed by atoms with E-state index in [9.17, 15) is 19.0 Å². The number of carbonyl (C=O) groups is 2. The first-order valence-electron chi connectivity index (χ1n) is 21.0. The van der Waals surface area contributed by atoms with Crippen LogP contribution in [0.25, 0.3) is 0 Å². The summed E-state index contributed by atoms with van der Waals surface area (Å²) in [6.45, 7) is 4.23. The predicted molar refractivity (Wildman–Crippen MR) is 224 cm³/mol. The quantitative estimate of drug-likeness (QED) is 0.0218. The number of hydrogen-bond acceptors (Lipinski definition) is 7. The fourth-order valence-electron chi connectivity index (χ4n) is 5.23. The molecule has 1 N–H and O–H groups in total. The molecule has 312 valence electrons. The van der Waals surface area contributed by atoms with Gasteiger partial charge in [0.25, 0.3) is 0 Å². The normalized spacial score (nSPS) is 14.3. The summed E-state index contributed by atoms with van der Waals surface area (Å²) in [5.41, 5.74) is 0. The van der Waals surface area contributed by atoms with Crippen LogP contribution >= 0.6 is 7.82 Å². The molecule has 10 heteroatoms. The minimum absolute atomic E-state index is 0.0229. The molecule has 0 saturated carbocycles. The van der Waals surface area contributed by atoms with Gasteiger partial charge in [-0.25, -0.2) is 4.57 Å². The lowest BCUT2D eigenvalue weighted by atomic mass is 10.1. The molecule has 0 saturated heterocycles. The third-order valence-electron chi connectivity index (χ3n) is 8.53. The van der Waals surface area contributed by atoms with Gasteiger partial charge in [-0.2, -0.15) is 0 Å². The molecule has 0 aromatic carbocycles. The van der Waals surface area contributed by atoms with Gasteiger partial charge in [-0.1, -0.05) is 126 Å². The fourth-order valence-corrected chi connectivity index (χ4v) is 5.97. The zero-order valence-corrected chi connectivity index (χ0v) is 35.8. The minimum Gasteiger partial charge on any atom is -0.462 e. The second kappa shape index (κ2) is 36.4. The van der Waals surface area contributed by atoms with E-state index >= 15 is 0 Å². The molecule has 54 heavy (non-hydrogen) atoms. The summed E-state index contributed by atoms with van der Waals surface area (Å²) in [5, 5.41) is 0. The third kappa shape index (κ3) is 39.4. The van der Waals surface area contributed by atoms with Gasteiger partial charge >= 0.3 is 19.8 Å². The van der Waals surface area contributed by atoms with Gasteiger partial charge in [0.1, 0.15) is 19.8 Å². The first-order valence-corrected chi connectivity index (χ1v) is 22.5. The monoisotopic (exact) mass is 781 g/mol. The maximum absolute atomic E-state index is 12.7. The lowest BCUT2D eigenvalue weighted by Crippen LogP contribution is -2.37. The lowest BCUT2D eigenvalue weighted by molar-refractivity contribution is -0.870. The van der Waals surface area contributed by atoms with Crippen LogP contribution in [0.3, 0.4) is 0 Å². The van der Waals surface area contributed by atoms with Gasteiger partial charge in [0, 0.05) is 12.8 Å². The van der Waals surface area contributed by atoms with Gasteiger partial charge in [-0.05, 0) is 77.0 Å². The Bertz CT molecular complexity index is 1110. The van der Waals surface area contributed by atoms with Crippen molar-refractivity contribution in [3.8, 4) is 0 Å². The van der Waals surface area contributed by atoms with Gasteiger partial charge in [0.2, 0.25) is 0 Å². The van der Waals surface area contributed by atoms with Crippen LogP contribution in [0.4, 0.5) is 0 Å². The lowest BCUT2D eigenvalue weighted by Gasteiger charge is -2.24. The van der Waals surface area contributed by atoms with E-state index in [1.54, 1.807) is 0 Å². The van der Waals surface area contributed by atoms with Crippen molar-refractivity contribution >= 4 is 19.8 Å². The maximum atomic E-state index is 12.7. The highest BCUT2D eigenvalue weighted by molar-refractivity contribution is 7.47. The zero-order chi connectivity index (χ0) is 40.0. The third-order valence-corrected chi connectivity index (χ3v) is 9.52. The number of ether oxygens (including phenoxy) is 2. The Kier molecular flexibility index (Phi) is 34.8. The molecular weight excluding hydrogens is 701 g/mol. The second-order valence-corrected chi connectivity index (χ2v) is 16.4. The van der Waals surface area contributed by atoms with Crippen molar-refractivity contribution in [1.29, 1.82) is 0 Å². The van der Waals surface area contributed by atoms with Crippen LogP contribution in [-0.4, -0.2) is 74.9 Å². The number of phosphoric ester groups is 1. The van der Waals surface area contributed by atoms with E-state index in [0.717, 1.165) is 96.3 Å². The van der Waals surface area contributed by atoms with Crippen LogP contribution in [0.5, 0.6) is 0 Å². The highest BCUT2D eigenvalue weighted by Crippen LogP contribution is 2.43. The highest BCUT2D eigenvalue weighted by atomic mass is 31.2. The second-order valence-electron chi connectivity index (χ2n) is 15.0. The van der Waals surface area contributed by atoms with Crippen LogP contribution < -0.4 is 0 Å². The van der Waals surface area contributed by atoms with Crippen molar-refractivity contribution in [2.45, 2.75) is 161 Å². The molecule has 0 rings (SSSR count). The van der Waals surface area contributed by atoms with E-state index < -0.39 is 26.5 Å². The molecule has 0 heterocycles. The summed E-state index contributed by atoms with van der Waals surface area (Å²) in [4.78, 5) is 35.3. The molecule has 2 unspecified atom stereocenters. The summed E-state index contributed by atoms with van der Waals surface area (Å²) in [6.07, 6.45) is 42.6. The molecular formula is C44H79NO8P+. The molecule has 0 bridgehead atoms. The Hall–Kier alpha value is -2.29. The average molecular weight is 781 g/mol. The molecule has 0 fully saturated rings. The average Bonchev–Trinajstić information content (AvgIpc) is 3.12. The highest BCUT2D eigenvalue weighted by Gasteiger charge is 2.27. The van der Waals surface area contributed by atoms with Crippen LogP contribution in [0.1, 0.15) is 155 Å². The van der Waals surface area contributed by atoms with Crippen LogP contribution in [0.2, 0.25) is 0 Å². The van der Waals surface area contributed by atoms with E-state index in [2.05, 4.69) is 74.6 Å². The van der Waals surface area contributed by atoms with Crippen LogP contribution in [-0.2, 0) is 32.7 Å². The maximum Gasteiger partial charge on any atom is 0.472 e. The Balaban J connectivity index is 4.45. The molecule has 0 radical (unpaired) electrons. The van der Waals surface area contributed by atoms with Crippen molar-refractivity contribution in [1.82, 2.24) is 0 Å². The minimum atomic E-state index is -4.38. The molecule has 0 aliphatic rings. The first kappa shape index (κ1) is 51.7. The number of esters is 2. The van der Waals surface area contributed by atoms with Crippen molar-refractivity contribution in [2.75, 3.05) is 47.5 Å². The Morgan fingerprint density at radius 2 is 1.06 bits per heavy atom. The van der Waals surface area contributed by atoms with E-state index in [0.29, 0.717) is 17.4 Å². The molecule has 0 aliphatic heterocycles. The van der Waals surface area contributed by atoms with Crippen molar-refractivity contribution < 1.29 is 42.1 Å².